The van der Waals surface area contributed by atoms with E-state index in [4.69, 9.17) is 32.7 Å². The maximum atomic E-state index is 13.8. The van der Waals surface area contributed by atoms with E-state index in [2.05, 4.69) is 26.0 Å². The molecule has 0 spiro atoms. The van der Waals surface area contributed by atoms with E-state index < -0.39 is 60.0 Å². The van der Waals surface area contributed by atoms with E-state index in [0.717, 1.165) is 12.1 Å². The number of halogens is 9. The predicted octanol–water partition coefficient (Wildman–Crippen LogP) is 8.52. The molecular weight excluding hydrogens is 689 g/mol. The zero-order chi connectivity index (χ0) is 30.4. The first-order valence-electron chi connectivity index (χ1n) is 11.5. The van der Waals surface area contributed by atoms with Crippen molar-refractivity contribution in [1.82, 2.24) is 5.32 Å². The van der Waals surface area contributed by atoms with Crippen LogP contribution in [0.15, 0.2) is 57.9 Å². The molecule has 0 bridgehead atoms. The number of hydrogen-bond donors (Lipinski definition) is 2. The summed E-state index contributed by atoms with van der Waals surface area (Å²) >= 11 is 14.6. The van der Waals surface area contributed by atoms with Crippen LogP contribution in [-0.4, -0.2) is 27.1 Å². The Kier molecular flexibility index (Phi) is 8.74. The zero-order valence-corrected chi connectivity index (χ0v) is 24.6. The first kappa shape index (κ1) is 31.5. The van der Waals surface area contributed by atoms with Gasteiger partial charge in [-0.2, -0.15) is 26.3 Å². The molecule has 3 aromatic rings. The van der Waals surface area contributed by atoms with Gasteiger partial charge in [-0.25, -0.2) is 8.42 Å². The van der Waals surface area contributed by atoms with Gasteiger partial charge < -0.3 is 14.8 Å². The lowest BCUT2D eigenvalue weighted by molar-refractivity contribution is -0.140. The lowest BCUT2D eigenvalue weighted by atomic mass is 10.1. The lowest BCUT2D eigenvalue weighted by Gasteiger charge is -2.27. The predicted molar refractivity (Wildman–Crippen MR) is 144 cm³/mol. The lowest BCUT2D eigenvalue weighted by Crippen LogP contribution is -2.35. The molecule has 2 N–H and O–H groups in total. The van der Waals surface area contributed by atoms with Gasteiger partial charge in [0.05, 0.1) is 16.8 Å². The van der Waals surface area contributed by atoms with E-state index in [-0.39, 0.29) is 28.0 Å². The van der Waals surface area contributed by atoms with Gasteiger partial charge in [-0.05, 0) is 65.8 Å². The van der Waals surface area contributed by atoms with Crippen LogP contribution >= 0.6 is 39.1 Å². The van der Waals surface area contributed by atoms with Gasteiger partial charge in [-0.1, -0.05) is 23.2 Å². The quantitative estimate of drug-likeness (QED) is 0.241. The molecule has 1 aliphatic rings. The van der Waals surface area contributed by atoms with Crippen LogP contribution in [-0.2, 0) is 22.4 Å². The standard InChI is InChI=1S/C25H19BrCl2F6N2O4S/c1-23(4-5-35-12-23)40-21-9-15(2-3-17(21)24(29,30)31)36-41(37,38)22-11-20(18(10-19(22)26)25(32,33)34)39-16-7-13(27)6-14(28)8-16/h2-3,6-11,35-36H,4-5,12H2,1H3/t23-/m1/s1. The van der Waals surface area contributed by atoms with Gasteiger partial charge in [0, 0.05) is 39.6 Å². The normalized spacial score (nSPS) is 17.9. The zero-order valence-electron chi connectivity index (χ0n) is 20.7. The molecule has 222 valence electrons. The molecule has 1 saturated heterocycles. The fourth-order valence-electron chi connectivity index (χ4n) is 4.02. The van der Waals surface area contributed by atoms with Crippen molar-refractivity contribution in [2.45, 2.75) is 36.2 Å². The largest absolute Gasteiger partial charge is 0.485 e. The van der Waals surface area contributed by atoms with Crippen LogP contribution < -0.4 is 19.5 Å². The number of ether oxygens (including phenoxy) is 2. The van der Waals surface area contributed by atoms with Crippen molar-refractivity contribution < 1.29 is 44.2 Å². The SMILES string of the molecule is C[C@@]1(Oc2cc(NS(=O)(=O)c3cc(Oc4cc(Cl)cc(Cl)c4)c(C(F)(F)F)cc3Br)ccc2C(F)(F)F)CCNC1. The molecule has 0 aromatic heterocycles. The summed E-state index contributed by atoms with van der Waals surface area (Å²) in [5, 5.41) is 3.09. The summed E-state index contributed by atoms with van der Waals surface area (Å²) in [5.41, 5.74) is -3.75. The highest BCUT2D eigenvalue weighted by molar-refractivity contribution is 9.10. The molecular formula is C25H19BrCl2F6N2O4S. The second kappa shape index (κ2) is 11.4. The van der Waals surface area contributed by atoms with Crippen LogP contribution in [0.4, 0.5) is 32.0 Å². The topological polar surface area (TPSA) is 76.7 Å². The van der Waals surface area contributed by atoms with Gasteiger partial charge in [0.2, 0.25) is 0 Å². The smallest absolute Gasteiger partial charge is 0.420 e. The fraction of sp³-hybridized carbons (Fsp3) is 0.280. The molecule has 1 aliphatic heterocycles. The number of alkyl halides is 6. The Morgan fingerprint density at radius 3 is 2.12 bits per heavy atom. The first-order chi connectivity index (χ1) is 18.9. The average molecular weight is 708 g/mol. The molecule has 0 amide bonds. The molecule has 16 heteroatoms. The Morgan fingerprint density at radius 2 is 1.56 bits per heavy atom. The molecule has 6 nitrogen and oxygen atoms in total. The summed E-state index contributed by atoms with van der Waals surface area (Å²) in [5.74, 6) is -1.71. The minimum absolute atomic E-state index is 0.0512. The Labute approximate surface area is 249 Å². The van der Waals surface area contributed by atoms with Crippen LogP contribution in [0.3, 0.4) is 0 Å². The molecule has 1 fully saturated rings. The Morgan fingerprint density at radius 1 is 0.927 bits per heavy atom. The van der Waals surface area contributed by atoms with Crippen molar-refractivity contribution in [3.05, 3.63) is 74.2 Å². The summed E-state index contributed by atoms with van der Waals surface area (Å²) in [6.07, 6.45) is -9.36. The highest BCUT2D eigenvalue weighted by Crippen LogP contribution is 2.44. The van der Waals surface area contributed by atoms with Gasteiger partial charge in [0.1, 0.15) is 27.7 Å². The highest BCUT2D eigenvalue weighted by Gasteiger charge is 2.39. The molecule has 1 atom stereocenters. The molecule has 0 saturated carbocycles. The molecule has 4 rings (SSSR count). The van der Waals surface area contributed by atoms with Crippen molar-refractivity contribution in [1.29, 1.82) is 0 Å². The van der Waals surface area contributed by atoms with Gasteiger partial charge in [0.15, 0.2) is 0 Å². The van der Waals surface area contributed by atoms with Gasteiger partial charge in [-0.15, -0.1) is 0 Å². The summed E-state index contributed by atoms with van der Waals surface area (Å²) in [6.45, 7) is 2.38. The number of nitrogens with one attached hydrogen (secondary N) is 2. The molecule has 0 unspecified atom stereocenters. The summed E-state index contributed by atoms with van der Waals surface area (Å²) in [6, 6.07) is 7.17. The van der Waals surface area contributed by atoms with Crippen LogP contribution in [0.1, 0.15) is 24.5 Å². The molecule has 1 heterocycles. The highest BCUT2D eigenvalue weighted by atomic mass is 79.9. The number of rotatable bonds is 7. The Balaban J connectivity index is 1.74. The monoisotopic (exact) mass is 706 g/mol. The van der Waals surface area contributed by atoms with E-state index in [1.807, 2.05) is 0 Å². The van der Waals surface area contributed by atoms with Crippen molar-refractivity contribution in [2.24, 2.45) is 0 Å². The first-order valence-corrected chi connectivity index (χ1v) is 14.6. The van der Waals surface area contributed by atoms with Crippen molar-refractivity contribution >= 4 is 54.8 Å². The van der Waals surface area contributed by atoms with Crippen molar-refractivity contribution in [3.63, 3.8) is 0 Å². The third-order valence-corrected chi connectivity index (χ3v) is 8.69. The van der Waals surface area contributed by atoms with E-state index in [1.165, 1.54) is 18.2 Å². The number of sulfonamides is 1. The second-order valence-corrected chi connectivity index (χ2v) is 12.7. The third-order valence-electron chi connectivity index (χ3n) is 5.92. The minimum Gasteiger partial charge on any atom is -0.485 e. The maximum absolute atomic E-state index is 13.8. The third kappa shape index (κ3) is 7.53. The van der Waals surface area contributed by atoms with Gasteiger partial charge in [-0.3, -0.25) is 4.72 Å². The summed E-state index contributed by atoms with van der Waals surface area (Å²) in [7, 11) is -4.69. The molecule has 0 aliphatic carbocycles. The van der Waals surface area contributed by atoms with Crippen LogP contribution in [0.25, 0.3) is 0 Å². The van der Waals surface area contributed by atoms with Crippen LogP contribution in [0, 0.1) is 0 Å². The average Bonchev–Trinajstić information content (AvgIpc) is 3.23. The number of hydrogen-bond acceptors (Lipinski definition) is 5. The van der Waals surface area contributed by atoms with Crippen LogP contribution in [0.2, 0.25) is 10.0 Å². The van der Waals surface area contributed by atoms with E-state index in [9.17, 15) is 34.8 Å². The van der Waals surface area contributed by atoms with Crippen LogP contribution in [0.5, 0.6) is 17.2 Å². The fourth-order valence-corrected chi connectivity index (χ4v) is 6.64. The second-order valence-electron chi connectivity index (χ2n) is 9.28. The maximum Gasteiger partial charge on any atom is 0.420 e. The molecule has 41 heavy (non-hydrogen) atoms. The van der Waals surface area contributed by atoms with E-state index in [1.54, 1.807) is 6.92 Å². The summed E-state index contributed by atoms with van der Waals surface area (Å²) in [4.78, 5) is -0.692. The Hall–Kier alpha value is -2.39. The molecule has 3 aromatic carbocycles. The van der Waals surface area contributed by atoms with Gasteiger partial charge in [0.25, 0.3) is 10.0 Å². The Bertz CT molecular complexity index is 1560. The van der Waals surface area contributed by atoms with Crippen molar-refractivity contribution in [2.75, 3.05) is 17.8 Å². The van der Waals surface area contributed by atoms with E-state index in [0.29, 0.717) is 31.2 Å². The number of benzene rings is 3. The van der Waals surface area contributed by atoms with Gasteiger partial charge >= 0.3 is 12.4 Å². The number of anilines is 1. The van der Waals surface area contributed by atoms with E-state index >= 15 is 0 Å². The van der Waals surface area contributed by atoms with Crippen molar-refractivity contribution in [3.8, 4) is 17.2 Å². The minimum atomic E-state index is -4.96. The molecule has 0 radical (unpaired) electrons. The summed E-state index contributed by atoms with van der Waals surface area (Å²) < 4.78 is 122.